The maximum atomic E-state index is 14.1. The third kappa shape index (κ3) is 2.41. The van der Waals surface area contributed by atoms with Crippen molar-refractivity contribution in [2.75, 3.05) is 18.4 Å². The highest BCUT2D eigenvalue weighted by atomic mass is 19.2. The predicted molar refractivity (Wildman–Crippen MR) is 94.0 cm³/mol. The molecule has 3 amide bonds. The van der Waals surface area contributed by atoms with E-state index in [1.807, 2.05) is 18.2 Å². The summed E-state index contributed by atoms with van der Waals surface area (Å²) in [4.78, 5) is 28.2. The molecule has 27 heavy (non-hydrogen) atoms. The highest BCUT2D eigenvalue weighted by Crippen LogP contribution is 2.50. The van der Waals surface area contributed by atoms with Crippen LogP contribution in [0.25, 0.3) is 0 Å². The number of benzene rings is 2. The van der Waals surface area contributed by atoms with Crippen LogP contribution in [0.15, 0.2) is 36.4 Å². The van der Waals surface area contributed by atoms with Crippen LogP contribution in [0.2, 0.25) is 0 Å². The first kappa shape index (κ1) is 16.2. The van der Waals surface area contributed by atoms with Crippen molar-refractivity contribution in [3.63, 3.8) is 0 Å². The number of nitrogens with zero attached hydrogens (tertiary/aromatic N) is 2. The molecule has 7 heteroatoms. The number of carbonyl (C=O) groups excluding carboxylic acids is 2. The molecule has 1 saturated heterocycles. The fourth-order valence-electron chi connectivity index (χ4n) is 4.52. The van der Waals surface area contributed by atoms with Crippen LogP contribution < -0.4 is 5.32 Å². The molecular formula is C20H17F2N3O2. The summed E-state index contributed by atoms with van der Waals surface area (Å²) in [5.74, 6) is -1.80. The number of carbonyl (C=O) groups is 2. The van der Waals surface area contributed by atoms with E-state index in [4.69, 9.17) is 0 Å². The number of amides is 3. The van der Waals surface area contributed by atoms with E-state index in [2.05, 4.69) is 11.4 Å². The Kier molecular flexibility index (Phi) is 3.47. The molecule has 0 unspecified atom stereocenters. The van der Waals surface area contributed by atoms with E-state index in [0.29, 0.717) is 12.5 Å². The number of nitrogens with one attached hydrogen (secondary N) is 1. The lowest BCUT2D eigenvalue weighted by Crippen LogP contribution is -2.46. The van der Waals surface area contributed by atoms with E-state index >= 15 is 0 Å². The summed E-state index contributed by atoms with van der Waals surface area (Å²) >= 11 is 0. The zero-order chi connectivity index (χ0) is 18.7. The van der Waals surface area contributed by atoms with Crippen LogP contribution >= 0.6 is 0 Å². The summed E-state index contributed by atoms with van der Waals surface area (Å²) in [6, 6.07) is 9.99. The molecule has 3 aliphatic rings. The number of urea groups is 1. The van der Waals surface area contributed by atoms with Gasteiger partial charge in [0.15, 0.2) is 11.6 Å². The Morgan fingerprint density at radius 1 is 1.15 bits per heavy atom. The molecular weight excluding hydrogens is 352 g/mol. The summed E-state index contributed by atoms with van der Waals surface area (Å²) in [5, 5.41) is 2.53. The summed E-state index contributed by atoms with van der Waals surface area (Å²) < 4.78 is 27.6. The second-order valence-electron chi connectivity index (χ2n) is 7.30. The van der Waals surface area contributed by atoms with Gasteiger partial charge in [0, 0.05) is 18.0 Å². The van der Waals surface area contributed by atoms with Gasteiger partial charge in [-0.1, -0.05) is 24.3 Å². The van der Waals surface area contributed by atoms with E-state index < -0.39 is 17.7 Å². The molecule has 1 aliphatic carbocycles. The lowest BCUT2D eigenvalue weighted by Gasteiger charge is -2.33. The van der Waals surface area contributed by atoms with Crippen LogP contribution in [0.4, 0.5) is 19.3 Å². The Labute approximate surface area is 154 Å². The summed E-state index contributed by atoms with van der Waals surface area (Å²) in [6.45, 7) is 0.344. The molecule has 1 N–H and O–H groups in total. The van der Waals surface area contributed by atoms with Gasteiger partial charge < -0.3 is 15.1 Å². The zero-order valence-corrected chi connectivity index (χ0v) is 14.4. The Morgan fingerprint density at radius 2 is 1.93 bits per heavy atom. The van der Waals surface area contributed by atoms with Crippen LogP contribution in [0, 0.1) is 11.6 Å². The molecule has 1 fully saturated rings. The van der Waals surface area contributed by atoms with Crippen LogP contribution in [-0.4, -0.2) is 34.8 Å². The molecule has 2 bridgehead atoms. The third-order valence-electron chi connectivity index (χ3n) is 5.82. The van der Waals surface area contributed by atoms with Crippen molar-refractivity contribution < 1.29 is 18.4 Å². The van der Waals surface area contributed by atoms with E-state index in [1.54, 1.807) is 4.90 Å². The third-order valence-corrected chi connectivity index (χ3v) is 5.82. The number of anilines is 1. The first-order chi connectivity index (χ1) is 13.0. The minimum atomic E-state index is -0.987. The quantitative estimate of drug-likeness (QED) is 0.882. The first-order valence-electron chi connectivity index (χ1n) is 8.94. The smallest absolute Gasteiger partial charge is 0.322 e. The van der Waals surface area contributed by atoms with Gasteiger partial charge in [0.05, 0.1) is 18.3 Å². The monoisotopic (exact) mass is 369 g/mol. The Balaban J connectivity index is 1.35. The SMILES string of the molecule is O=C1Nc2ccc(F)c(F)c2CN1CC(=O)N1C[C@H]2C[C@@H]1c1ccccc12. The highest BCUT2D eigenvalue weighted by molar-refractivity contribution is 5.95. The number of likely N-dealkylation sites (tertiary alicyclic amines) is 1. The van der Waals surface area contributed by atoms with Gasteiger partial charge in [-0.2, -0.15) is 0 Å². The molecule has 2 aromatic rings. The lowest BCUT2D eigenvalue weighted by atomic mass is 9.99. The van der Waals surface area contributed by atoms with Gasteiger partial charge in [-0.15, -0.1) is 0 Å². The summed E-state index contributed by atoms with van der Waals surface area (Å²) in [7, 11) is 0. The normalized spacial score (nSPS) is 22.5. The average Bonchev–Trinajstić information content (AvgIpc) is 3.26. The minimum absolute atomic E-state index is 0.0352. The molecule has 2 heterocycles. The predicted octanol–water partition coefficient (Wildman–Crippen LogP) is 3.38. The Hall–Kier alpha value is -2.96. The second-order valence-corrected chi connectivity index (χ2v) is 7.30. The van der Waals surface area contributed by atoms with Gasteiger partial charge in [-0.3, -0.25) is 4.79 Å². The number of halogens is 2. The fraction of sp³-hybridized carbons (Fsp3) is 0.300. The minimum Gasteiger partial charge on any atom is -0.333 e. The van der Waals surface area contributed by atoms with Crippen molar-refractivity contribution >= 4 is 17.6 Å². The standard InChI is InChI=1S/C20H17F2N3O2/c21-15-5-6-16-14(19(15)22)9-24(20(27)23-16)10-18(26)25-8-11-7-17(25)13-4-2-1-3-12(11)13/h1-6,11,17H,7-10H2,(H,23,27)/t11-,17-/m1/s1. The summed E-state index contributed by atoms with van der Waals surface area (Å²) in [5.41, 5.74) is 2.78. The highest BCUT2D eigenvalue weighted by Gasteiger charge is 2.44. The molecule has 2 aromatic carbocycles. The number of hydrogen-bond donors (Lipinski definition) is 1. The van der Waals surface area contributed by atoms with Crippen LogP contribution in [-0.2, 0) is 11.3 Å². The number of rotatable bonds is 2. The van der Waals surface area contributed by atoms with Crippen LogP contribution in [0.1, 0.15) is 35.1 Å². The molecule has 0 aromatic heterocycles. The van der Waals surface area contributed by atoms with E-state index in [9.17, 15) is 18.4 Å². The second kappa shape index (κ2) is 5.77. The molecule has 0 spiro atoms. The summed E-state index contributed by atoms with van der Waals surface area (Å²) in [6.07, 6.45) is 0.903. The molecule has 138 valence electrons. The van der Waals surface area contributed by atoms with Crippen LogP contribution in [0.3, 0.4) is 0 Å². The maximum absolute atomic E-state index is 14.1. The number of fused-ring (bicyclic) bond motifs is 6. The molecule has 5 nitrogen and oxygen atoms in total. The first-order valence-corrected chi connectivity index (χ1v) is 8.94. The fourth-order valence-corrected chi connectivity index (χ4v) is 4.52. The van der Waals surface area contributed by atoms with Gasteiger partial charge in [-0.05, 0) is 29.7 Å². The van der Waals surface area contributed by atoms with Crippen LogP contribution in [0.5, 0.6) is 0 Å². The van der Waals surface area contributed by atoms with Crippen molar-refractivity contribution in [3.8, 4) is 0 Å². The number of hydrogen-bond acceptors (Lipinski definition) is 2. The van der Waals surface area contributed by atoms with Crippen molar-refractivity contribution in [2.45, 2.75) is 24.9 Å². The van der Waals surface area contributed by atoms with Gasteiger partial charge in [0.2, 0.25) is 5.91 Å². The van der Waals surface area contributed by atoms with E-state index in [0.717, 1.165) is 12.5 Å². The van der Waals surface area contributed by atoms with Gasteiger partial charge >= 0.3 is 6.03 Å². The molecule has 2 aliphatic heterocycles. The molecule has 0 saturated carbocycles. The van der Waals surface area contributed by atoms with E-state index in [1.165, 1.54) is 22.1 Å². The topological polar surface area (TPSA) is 52.7 Å². The van der Waals surface area contributed by atoms with Crippen molar-refractivity contribution in [1.82, 2.24) is 9.80 Å². The Bertz CT molecular complexity index is 978. The van der Waals surface area contributed by atoms with Gasteiger partial charge in [0.1, 0.15) is 6.54 Å². The molecule has 2 atom stereocenters. The molecule has 5 rings (SSSR count). The molecule has 0 radical (unpaired) electrons. The maximum Gasteiger partial charge on any atom is 0.322 e. The lowest BCUT2D eigenvalue weighted by molar-refractivity contribution is -0.133. The van der Waals surface area contributed by atoms with Gasteiger partial charge in [0.25, 0.3) is 0 Å². The average molecular weight is 369 g/mol. The zero-order valence-electron chi connectivity index (χ0n) is 14.4. The van der Waals surface area contributed by atoms with E-state index in [-0.39, 0.29) is 36.3 Å². The van der Waals surface area contributed by atoms with Gasteiger partial charge in [-0.25, -0.2) is 13.6 Å². The Morgan fingerprint density at radius 3 is 2.74 bits per heavy atom. The van der Waals surface area contributed by atoms with Crippen molar-refractivity contribution in [2.24, 2.45) is 0 Å². The van der Waals surface area contributed by atoms with Crippen molar-refractivity contribution in [3.05, 3.63) is 64.7 Å². The largest absolute Gasteiger partial charge is 0.333 e. The van der Waals surface area contributed by atoms with Crippen molar-refractivity contribution in [1.29, 1.82) is 0 Å².